The van der Waals surface area contributed by atoms with E-state index in [-0.39, 0.29) is 12.5 Å². The topological polar surface area (TPSA) is 109 Å². The molecule has 3 N–H and O–H groups in total. The maximum Gasteiger partial charge on any atom is 0.436 e. The monoisotopic (exact) mass is 373 g/mol. The molecule has 9 heteroatoms. The summed E-state index contributed by atoms with van der Waals surface area (Å²) in [6.45, 7) is 0.0102. The highest BCUT2D eigenvalue weighted by molar-refractivity contribution is 9.10. The highest BCUT2D eigenvalue weighted by atomic mass is 79.9. The lowest BCUT2D eigenvalue weighted by atomic mass is 10.1. The highest BCUT2D eigenvalue weighted by Gasteiger charge is 2.12. The van der Waals surface area contributed by atoms with Gasteiger partial charge in [-0.05, 0) is 17.7 Å². The number of aliphatic imine (C=N–C) groups is 1. The fourth-order valence-corrected chi connectivity index (χ4v) is 1.84. The quantitative estimate of drug-likeness (QED) is 0.547. The number of aliphatic hydroxyl groups excluding tert-OH is 1. The van der Waals surface area contributed by atoms with Crippen LogP contribution >= 0.6 is 15.9 Å². The first kappa shape index (κ1) is 17.9. The molecule has 22 heavy (non-hydrogen) atoms. The van der Waals surface area contributed by atoms with Gasteiger partial charge in [0.05, 0.1) is 20.3 Å². The van der Waals surface area contributed by atoms with Crippen molar-refractivity contribution >= 4 is 34.1 Å². The Bertz CT molecular complexity index is 564. The number of guanidine groups is 1. The van der Waals surface area contributed by atoms with Crippen LogP contribution in [-0.2, 0) is 9.47 Å². The van der Waals surface area contributed by atoms with E-state index in [9.17, 15) is 14.7 Å². The van der Waals surface area contributed by atoms with Crippen LogP contribution in [0.2, 0.25) is 0 Å². The van der Waals surface area contributed by atoms with E-state index in [1.807, 2.05) is 6.07 Å². The van der Waals surface area contributed by atoms with Gasteiger partial charge in [-0.2, -0.15) is 0 Å². The molecule has 0 aromatic heterocycles. The third-order valence-electron chi connectivity index (χ3n) is 2.48. The van der Waals surface area contributed by atoms with Crippen molar-refractivity contribution in [3.8, 4) is 0 Å². The van der Waals surface area contributed by atoms with Crippen molar-refractivity contribution in [2.24, 2.45) is 4.99 Å². The average molecular weight is 374 g/mol. The fraction of sp³-hybridized carbons (Fsp3) is 0.308. The van der Waals surface area contributed by atoms with Crippen molar-refractivity contribution in [2.75, 3.05) is 20.8 Å². The van der Waals surface area contributed by atoms with Crippen LogP contribution in [0.1, 0.15) is 11.7 Å². The summed E-state index contributed by atoms with van der Waals surface area (Å²) in [5.41, 5.74) is 0.650. The van der Waals surface area contributed by atoms with Gasteiger partial charge in [0.25, 0.3) is 0 Å². The number of carbonyl (C=O) groups is 2. The summed E-state index contributed by atoms with van der Waals surface area (Å²) in [6.07, 6.45) is -2.59. The van der Waals surface area contributed by atoms with Crippen LogP contribution in [0.15, 0.2) is 33.7 Å². The maximum absolute atomic E-state index is 11.2. The smallest absolute Gasteiger partial charge is 0.436 e. The van der Waals surface area contributed by atoms with Crippen molar-refractivity contribution in [1.29, 1.82) is 0 Å². The number of alkyl carbamates (subject to hydrolysis) is 1. The van der Waals surface area contributed by atoms with Crippen LogP contribution < -0.4 is 10.6 Å². The van der Waals surface area contributed by atoms with E-state index in [1.54, 1.807) is 18.2 Å². The zero-order valence-electron chi connectivity index (χ0n) is 12.0. The van der Waals surface area contributed by atoms with E-state index in [1.165, 1.54) is 7.11 Å². The molecule has 120 valence electrons. The van der Waals surface area contributed by atoms with E-state index in [2.05, 4.69) is 41.0 Å². The van der Waals surface area contributed by atoms with Gasteiger partial charge in [-0.15, -0.1) is 4.99 Å². The summed E-state index contributed by atoms with van der Waals surface area (Å²) in [7, 11) is 2.32. The number of rotatable bonds is 3. The first-order valence-corrected chi connectivity index (χ1v) is 6.94. The molecule has 0 saturated carbocycles. The highest BCUT2D eigenvalue weighted by Crippen LogP contribution is 2.17. The molecule has 0 fully saturated rings. The lowest BCUT2D eigenvalue weighted by Crippen LogP contribution is -2.43. The Morgan fingerprint density at radius 3 is 2.68 bits per heavy atom. The lowest BCUT2D eigenvalue weighted by molar-refractivity contribution is 0.172. The third kappa shape index (κ3) is 6.10. The van der Waals surface area contributed by atoms with Gasteiger partial charge in [0, 0.05) is 11.0 Å². The standard InChI is InChI=1S/C13H16BrN3O5/c1-21-12(19)16-11(17-13(20)22-2)15-7-10(18)8-4-3-5-9(14)6-8/h3-6,10,18H,7H2,1-2H3,(H2,15,16,17,19,20). The first-order valence-electron chi connectivity index (χ1n) is 6.15. The molecule has 1 aromatic carbocycles. The van der Waals surface area contributed by atoms with Gasteiger partial charge in [0.15, 0.2) is 0 Å². The van der Waals surface area contributed by atoms with Crippen LogP contribution in [0.3, 0.4) is 0 Å². The van der Waals surface area contributed by atoms with Crippen LogP contribution in [-0.4, -0.2) is 44.0 Å². The van der Waals surface area contributed by atoms with Gasteiger partial charge in [-0.3, -0.25) is 5.32 Å². The second kappa shape index (κ2) is 9.00. The van der Waals surface area contributed by atoms with E-state index in [0.717, 1.165) is 11.6 Å². The Morgan fingerprint density at radius 2 is 2.09 bits per heavy atom. The number of halogens is 1. The number of amides is 2. The van der Waals surface area contributed by atoms with Gasteiger partial charge >= 0.3 is 12.2 Å². The number of nitrogens with zero attached hydrogens (tertiary/aromatic N) is 1. The van der Waals surface area contributed by atoms with Crippen molar-refractivity contribution in [1.82, 2.24) is 10.6 Å². The molecule has 0 bridgehead atoms. The van der Waals surface area contributed by atoms with Crippen molar-refractivity contribution in [3.05, 3.63) is 34.3 Å². The second-order valence-electron chi connectivity index (χ2n) is 4.00. The first-order chi connectivity index (χ1) is 10.5. The number of ether oxygens (including phenoxy) is 2. The number of benzene rings is 1. The number of carbonyl (C=O) groups excluding carboxylic acids is 2. The van der Waals surface area contributed by atoms with Gasteiger partial charge in [0.1, 0.15) is 0 Å². The molecule has 0 heterocycles. The molecule has 1 atom stereocenters. The lowest BCUT2D eigenvalue weighted by Gasteiger charge is -2.15. The Balaban J connectivity index is 2.71. The molecule has 2 amide bonds. The van der Waals surface area contributed by atoms with Gasteiger partial charge in [-0.1, -0.05) is 28.1 Å². The molecule has 0 saturated heterocycles. The van der Waals surface area contributed by atoms with E-state index < -0.39 is 18.3 Å². The minimum atomic E-state index is -0.907. The number of aliphatic hydroxyl groups is 1. The minimum Gasteiger partial charge on any atom is -0.453 e. The van der Waals surface area contributed by atoms with Crippen molar-refractivity contribution < 1.29 is 24.2 Å². The van der Waals surface area contributed by atoms with Gasteiger partial charge in [0.2, 0.25) is 5.96 Å². The number of methoxy groups -OCH3 is 2. The molecule has 1 aromatic rings. The summed E-state index contributed by atoms with van der Waals surface area (Å²) in [6, 6.07) is 7.09. The predicted octanol–water partition coefficient (Wildman–Crippen LogP) is 1.55. The number of hydrogen-bond acceptors (Lipinski definition) is 5. The minimum absolute atomic E-state index is 0.0102. The molecule has 1 unspecified atom stereocenters. The van der Waals surface area contributed by atoms with E-state index in [0.29, 0.717) is 5.56 Å². The zero-order chi connectivity index (χ0) is 16.5. The second-order valence-corrected chi connectivity index (χ2v) is 4.91. The van der Waals surface area contributed by atoms with Gasteiger partial charge in [-0.25, -0.2) is 9.59 Å². The average Bonchev–Trinajstić information content (AvgIpc) is 2.51. The Labute approximate surface area is 135 Å². The number of hydrogen-bond donors (Lipinski definition) is 3. The summed E-state index contributed by atoms with van der Waals surface area (Å²) >= 11 is 3.30. The Kier molecular flexibility index (Phi) is 7.33. The Morgan fingerprint density at radius 1 is 1.36 bits per heavy atom. The molecule has 1 rings (SSSR count). The molecule has 0 aliphatic carbocycles. The van der Waals surface area contributed by atoms with Crippen molar-refractivity contribution in [2.45, 2.75) is 6.10 Å². The van der Waals surface area contributed by atoms with Crippen LogP contribution in [0.4, 0.5) is 9.59 Å². The molecule has 0 aliphatic rings. The molecular formula is C13H16BrN3O5. The van der Waals surface area contributed by atoms with Crippen molar-refractivity contribution in [3.63, 3.8) is 0 Å². The predicted molar refractivity (Wildman–Crippen MR) is 82.5 cm³/mol. The summed E-state index contributed by atoms with van der Waals surface area (Å²) < 4.78 is 9.61. The SMILES string of the molecule is COC(=O)N=C(NCC(O)c1cccc(Br)c1)NC(=O)OC. The normalized spacial score (nSPS) is 12.3. The summed E-state index contributed by atoms with van der Waals surface area (Å²) in [4.78, 5) is 25.8. The molecule has 8 nitrogen and oxygen atoms in total. The molecule has 0 spiro atoms. The molecule has 0 radical (unpaired) electrons. The van der Waals surface area contributed by atoms with Crippen LogP contribution in [0.5, 0.6) is 0 Å². The Hall–Kier alpha value is -2.13. The van der Waals surface area contributed by atoms with Crippen LogP contribution in [0, 0.1) is 0 Å². The van der Waals surface area contributed by atoms with E-state index in [4.69, 9.17) is 0 Å². The van der Waals surface area contributed by atoms with Crippen LogP contribution in [0.25, 0.3) is 0 Å². The largest absolute Gasteiger partial charge is 0.453 e. The van der Waals surface area contributed by atoms with E-state index >= 15 is 0 Å². The fourth-order valence-electron chi connectivity index (χ4n) is 1.42. The maximum atomic E-state index is 11.2. The summed E-state index contributed by atoms with van der Waals surface area (Å²) in [5.74, 6) is -0.187. The number of nitrogens with one attached hydrogen (secondary N) is 2. The molecule has 0 aliphatic heterocycles. The molecular weight excluding hydrogens is 358 g/mol. The van der Waals surface area contributed by atoms with Gasteiger partial charge < -0.3 is 19.9 Å². The zero-order valence-corrected chi connectivity index (χ0v) is 13.6. The summed E-state index contributed by atoms with van der Waals surface area (Å²) in [5, 5.41) is 14.9. The third-order valence-corrected chi connectivity index (χ3v) is 2.97.